The van der Waals surface area contributed by atoms with Gasteiger partial charge in [0.15, 0.2) is 0 Å². The van der Waals surface area contributed by atoms with Gasteiger partial charge < -0.3 is 11.1 Å². The van der Waals surface area contributed by atoms with Crippen LogP contribution >= 0.6 is 0 Å². The van der Waals surface area contributed by atoms with Crippen molar-refractivity contribution in [1.82, 2.24) is 15.1 Å². The van der Waals surface area contributed by atoms with Crippen molar-refractivity contribution in [3.63, 3.8) is 0 Å². The van der Waals surface area contributed by atoms with Crippen molar-refractivity contribution in [2.24, 2.45) is 5.73 Å². The summed E-state index contributed by atoms with van der Waals surface area (Å²) in [5.41, 5.74) is 8.55. The number of primary amides is 1. The van der Waals surface area contributed by atoms with Gasteiger partial charge in [0.25, 0.3) is 0 Å². The predicted octanol–water partition coefficient (Wildman–Crippen LogP) is 2.01. The van der Waals surface area contributed by atoms with Crippen LogP contribution in [0.2, 0.25) is 0 Å². The van der Waals surface area contributed by atoms with Crippen molar-refractivity contribution in [2.45, 2.75) is 77.9 Å². The van der Waals surface area contributed by atoms with E-state index >= 15 is 0 Å². The van der Waals surface area contributed by atoms with Crippen molar-refractivity contribution in [3.8, 4) is 0 Å². The maximum Gasteiger partial charge on any atom is 0.237 e. The monoisotopic (exact) mass is 292 g/mol. The minimum Gasteiger partial charge on any atom is -0.368 e. The molecule has 21 heavy (non-hydrogen) atoms. The second-order valence-electron chi connectivity index (χ2n) is 6.62. The molecule has 1 heterocycles. The molecule has 3 N–H and O–H groups in total. The van der Waals surface area contributed by atoms with Crippen LogP contribution in [0.15, 0.2) is 0 Å². The lowest BCUT2D eigenvalue weighted by atomic mass is 9.92. The Hall–Kier alpha value is -1.36. The maximum absolute atomic E-state index is 11.9. The molecular formula is C16H28N4O. The Morgan fingerprint density at radius 1 is 1.52 bits per heavy atom. The standard InChI is InChI=1S/C16H28N4O/c1-6-14-11(3)19-20(12(14)4)10(2)9-16(5,15(17)21)18-13-7-8-13/h10,13,18H,6-9H2,1-5H3,(H2,17,21). The molecule has 1 aromatic rings. The number of hydrogen-bond acceptors (Lipinski definition) is 3. The lowest BCUT2D eigenvalue weighted by Gasteiger charge is -2.31. The summed E-state index contributed by atoms with van der Waals surface area (Å²) in [5, 5.41) is 8.06. The van der Waals surface area contributed by atoms with Gasteiger partial charge in [0.05, 0.1) is 17.3 Å². The maximum atomic E-state index is 11.9. The van der Waals surface area contributed by atoms with Crippen molar-refractivity contribution < 1.29 is 4.79 Å². The van der Waals surface area contributed by atoms with E-state index in [1.54, 1.807) is 0 Å². The van der Waals surface area contributed by atoms with E-state index in [4.69, 9.17) is 5.73 Å². The zero-order chi connectivity index (χ0) is 15.8. The summed E-state index contributed by atoms with van der Waals surface area (Å²) in [6, 6.07) is 0.578. The van der Waals surface area contributed by atoms with Gasteiger partial charge in [-0.15, -0.1) is 0 Å². The van der Waals surface area contributed by atoms with Crippen LogP contribution in [0.5, 0.6) is 0 Å². The minimum absolute atomic E-state index is 0.132. The highest BCUT2D eigenvalue weighted by Gasteiger charge is 2.38. The molecule has 0 spiro atoms. The van der Waals surface area contributed by atoms with Crippen LogP contribution < -0.4 is 11.1 Å². The predicted molar refractivity (Wildman–Crippen MR) is 84.2 cm³/mol. The average Bonchev–Trinajstić information content (AvgIpc) is 3.14. The summed E-state index contributed by atoms with van der Waals surface area (Å²) in [5.74, 6) is -0.279. The van der Waals surface area contributed by atoms with Crippen molar-refractivity contribution in [2.75, 3.05) is 0 Å². The molecule has 1 fully saturated rings. The summed E-state index contributed by atoms with van der Waals surface area (Å²) in [4.78, 5) is 11.9. The highest BCUT2D eigenvalue weighted by molar-refractivity contribution is 5.84. The van der Waals surface area contributed by atoms with E-state index < -0.39 is 5.54 Å². The molecule has 5 heteroatoms. The van der Waals surface area contributed by atoms with Gasteiger partial charge in [-0.3, -0.25) is 9.48 Å². The Balaban J connectivity index is 2.18. The van der Waals surface area contributed by atoms with Gasteiger partial charge in [0.1, 0.15) is 0 Å². The van der Waals surface area contributed by atoms with Gasteiger partial charge in [-0.2, -0.15) is 5.10 Å². The summed E-state index contributed by atoms with van der Waals surface area (Å²) in [7, 11) is 0. The topological polar surface area (TPSA) is 72.9 Å². The Morgan fingerprint density at radius 2 is 2.14 bits per heavy atom. The molecule has 2 rings (SSSR count). The van der Waals surface area contributed by atoms with Gasteiger partial charge in [0.2, 0.25) is 5.91 Å². The zero-order valence-corrected chi connectivity index (χ0v) is 13.9. The van der Waals surface area contributed by atoms with E-state index in [9.17, 15) is 4.79 Å². The quantitative estimate of drug-likeness (QED) is 0.807. The van der Waals surface area contributed by atoms with E-state index in [2.05, 4.69) is 31.2 Å². The van der Waals surface area contributed by atoms with Crippen molar-refractivity contribution in [1.29, 1.82) is 0 Å². The summed E-state index contributed by atoms with van der Waals surface area (Å²) in [6.45, 7) is 10.3. The number of aromatic nitrogens is 2. The van der Waals surface area contributed by atoms with Crippen LogP contribution in [-0.2, 0) is 11.2 Å². The van der Waals surface area contributed by atoms with Crippen LogP contribution in [0.25, 0.3) is 0 Å². The first-order chi connectivity index (χ1) is 9.78. The fourth-order valence-corrected chi connectivity index (χ4v) is 3.22. The van der Waals surface area contributed by atoms with Gasteiger partial charge in [-0.25, -0.2) is 0 Å². The number of carbonyl (C=O) groups excluding carboxylic acids is 1. The van der Waals surface area contributed by atoms with E-state index in [1.807, 2.05) is 18.5 Å². The van der Waals surface area contributed by atoms with Crippen LogP contribution in [0, 0.1) is 13.8 Å². The lowest BCUT2D eigenvalue weighted by Crippen LogP contribution is -2.55. The molecule has 2 unspecified atom stereocenters. The molecule has 0 radical (unpaired) electrons. The third kappa shape index (κ3) is 3.28. The zero-order valence-electron chi connectivity index (χ0n) is 13.9. The smallest absolute Gasteiger partial charge is 0.237 e. The number of carbonyl (C=O) groups is 1. The van der Waals surface area contributed by atoms with Gasteiger partial charge in [-0.1, -0.05) is 6.92 Å². The van der Waals surface area contributed by atoms with Gasteiger partial charge >= 0.3 is 0 Å². The van der Waals surface area contributed by atoms with Crippen molar-refractivity contribution in [3.05, 3.63) is 17.0 Å². The molecule has 1 aliphatic rings. The number of aryl methyl sites for hydroxylation is 1. The third-order valence-corrected chi connectivity index (χ3v) is 4.59. The number of nitrogens with two attached hydrogens (primary N) is 1. The first-order valence-electron chi connectivity index (χ1n) is 7.90. The lowest BCUT2D eigenvalue weighted by molar-refractivity contribution is -0.124. The molecule has 1 aromatic heterocycles. The number of amides is 1. The summed E-state index contributed by atoms with van der Waals surface area (Å²) >= 11 is 0. The molecule has 1 aliphatic carbocycles. The number of nitrogens with one attached hydrogen (secondary N) is 1. The Labute approximate surface area is 127 Å². The molecule has 0 saturated heterocycles. The van der Waals surface area contributed by atoms with Crippen molar-refractivity contribution >= 4 is 5.91 Å². The van der Waals surface area contributed by atoms with Gasteiger partial charge in [-0.05, 0) is 58.9 Å². The molecule has 5 nitrogen and oxygen atoms in total. The van der Waals surface area contributed by atoms with E-state index in [0.717, 1.165) is 25.0 Å². The molecule has 1 amide bonds. The summed E-state index contributed by atoms with van der Waals surface area (Å²) in [6.07, 6.45) is 3.91. The first kappa shape index (κ1) is 16.0. The van der Waals surface area contributed by atoms with Crippen LogP contribution in [0.1, 0.15) is 63.0 Å². The van der Waals surface area contributed by atoms with Crippen LogP contribution in [0.4, 0.5) is 0 Å². The second kappa shape index (κ2) is 5.79. The average molecular weight is 292 g/mol. The molecular weight excluding hydrogens is 264 g/mol. The second-order valence-corrected chi connectivity index (χ2v) is 6.62. The van der Waals surface area contributed by atoms with E-state index in [1.165, 1.54) is 11.3 Å². The summed E-state index contributed by atoms with van der Waals surface area (Å²) < 4.78 is 2.05. The molecule has 1 saturated carbocycles. The normalized spacial score (nSPS) is 19.3. The van der Waals surface area contributed by atoms with Crippen LogP contribution in [-0.4, -0.2) is 27.3 Å². The fourth-order valence-electron chi connectivity index (χ4n) is 3.22. The van der Waals surface area contributed by atoms with E-state index in [0.29, 0.717) is 12.5 Å². The number of hydrogen-bond donors (Lipinski definition) is 2. The van der Waals surface area contributed by atoms with Gasteiger partial charge in [0, 0.05) is 11.7 Å². The first-order valence-corrected chi connectivity index (χ1v) is 7.90. The highest BCUT2D eigenvalue weighted by Crippen LogP contribution is 2.28. The minimum atomic E-state index is -0.667. The highest BCUT2D eigenvalue weighted by atomic mass is 16.1. The van der Waals surface area contributed by atoms with Crippen LogP contribution in [0.3, 0.4) is 0 Å². The SMILES string of the molecule is CCc1c(C)nn(C(C)CC(C)(NC2CC2)C(N)=O)c1C. The number of nitrogens with zero attached hydrogens (tertiary/aromatic N) is 2. The van der Waals surface area contributed by atoms with E-state index in [-0.39, 0.29) is 11.9 Å². The largest absolute Gasteiger partial charge is 0.368 e. The fraction of sp³-hybridized carbons (Fsp3) is 0.750. The molecule has 2 atom stereocenters. The Kier molecular flexibility index (Phi) is 4.42. The third-order valence-electron chi connectivity index (χ3n) is 4.59. The molecule has 0 aromatic carbocycles. The Bertz CT molecular complexity index is 533. The molecule has 0 bridgehead atoms. The number of rotatable bonds is 7. The molecule has 0 aliphatic heterocycles. The molecule has 118 valence electrons. The Morgan fingerprint density at radius 3 is 2.57 bits per heavy atom.